The number of methoxy groups -OCH3 is 3. The van der Waals surface area contributed by atoms with E-state index in [2.05, 4.69) is 14.2 Å². The number of ketones is 3. The summed E-state index contributed by atoms with van der Waals surface area (Å²) in [7, 11) is -0.891. The Morgan fingerprint density at radius 3 is 1.19 bits per heavy atom. The topological polar surface area (TPSA) is 512 Å². The molecule has 4 heterocycles. The number of rotatable bonds is 29. The summed E-state index contributed by atoms with van der Waals surface area (Å²) in [5, 5.41) is 54.1. The van der Waals surface area contributed by atoms with E-state index in [-0.39, 0.29) is 151 Å². The van der Waals surface area contributed by atoms with E-state index in [9.17, 15) is 88.6 Å². The Morgan fingerprint density at radius 1 is 0.514 bits per heavy atom. The van der Waals surface area contributed by atoms with Gasteiger partial charge in [0.25, 0.3) is 10.1 Å². The van der Waals surface area contributed by atoms with E-state index in [1.807, 2.05) is 13.8 Å². The molecule has 0 spiro atoms. The van der Waals surface area contributed by atoms with Gasteiger partial charge in [-0.2, -0.15) is 8.42 Å². The summed E-state index contributed by atoms with van der Waals surface area (Å²) in [5.41, 5.74) is 2.10. The van der Waals surface area contributed by atoms with E-state index in [0.29, 0.717) is 93.3 Å². The highest BCUT2D eigenvalue weighted by molar-refractivity contribution is 7.85. The maximum Gasteiger partial charge on any atom is 0.320 e. The minimum atomic E-state index is -4.02. The number of Topliss-reactive ketones (excluding diaryl/α,β-unsaturated/α-hetero) is 3. The lowest BCUT2D eigenvalue weighted by Gasteiger charge is -2.30. The van der Waals surface area contributed by atoms with Crippen LogP contribution in [-0.4, -0.2) is 226 Å². The Hall–Kier alpha value is -10.9. The Labute approximate surface area is 855 Å². The molecule has 0 saturated carbocycles. The van der Waals surface area contributed by atoms with E-state index >= 15 is 4.39 Å². The van der Waals surface area contributed by atoms with Crippen LogP contribution < -0.4 is 23.7 Å². The average molecular weight is 2200 g/mol. The fourth-order valence-electron chi connectivity index (χ4n) is 12.4. The molecular weight excluding hydrogens is 2080 g/mol. The van der Waals surface area contributed by atoms with Crippen LogP contribution in [0.3, 0.4) is 0 Å². The molecule has 800 valence electrons. The highest BCUT2D eigenvalue weighted by Gasteiger charge is 2.48. The van der Waals surface area contributed by atoms with Crippen LogP contribution in [0.2, 0.25) is 30.1 Å². The number of aliphatic hydroxyl groups is 2. The summed E-state index contributed by atoms with van der Waals surface area (Å²) in [5.74, 6) is -15.7. The first-order chi connectivity index (χ1) is 67.9. The van der Waals surface area contributed by atoms with Crippen molar-refractivity contribution in [2.45, 2.75) is 130 Å². The summed E-state index contributed by atoms with van der Waals surface area (Å²) in [6, 6.07) is 17.0. The molecule has 0 radical (unpaired) electrons. The molecule has 144 heavy (non-hydrogen) atoms. The van der Waals surface area contributed by atoms with Crippen LogP contribution in [-0.2, 0) is 105 Å². The molecule has 4 fully saturated rings. The van der Waals surface area contributed by atoms with E-state index in [4.69, 9.17) is 163 Å². The van der Waals surface area contributed by atoms with Gasteiger partial charge in [-0.15, -0.1) is 0 Å². The maximum absolute atomic E-state index is 15.4. The maximum atomic E-state index is 15.4. The lowest BCUT2D eigenvalue weighted by molar-refractivity contribution is -0.484. The number of aliphatic hydroxyl groups excluding tert-OH is 2. The molecular formula is C92H110Cl6F7N3O35S. The van der Waals surface area contributed by atoms with Crippen molar-refractivity contribution < 1.29 is 185 Å². The normalized spacial score (nSPS) is 14.2. The number of esters is 3. The fraction of sp³-hybridized carbons (Fsp3) is 0.446. The first-order valence-corrected chi connectivity index (χ1v) is 45.9. The minimum absolute atomic E-state index is 0.0291. The predicted octanol–water partition coefficient (Wildman–Crippen LogP) is 18.1. The number of carbonyl (C=O) groups excluding carboxylic acids is 7. The van der Waals surface area contributed by atoms with Gasteiger partial charge in [0.15, 0.2) is 65.6 Å². The second-order valence-electron chi connectivity index (χ2n) is 29.0. The highest BCUT2D eigenvalue weighted by atomic mass is 35.5. The number of carbonyl (C=O) groups is 7. The van der Waals surface area contributed by atoms with Gasteiger partial charge >= 0.3 is 17.9 Å². The van der Waals surface area contributed by atoms with Gasteiger partial charge in [-0.3, -0.25) is 72.8 Å². The van der Waals surface area contributed by atoms with Crippen LogP contribution in [0.5, 0.6) is 34.5 Å². The number of aryl methyl sites for hydroxylation is 1. The smallest absolute Gasteiger partial charge is 0.320 e. The summed E-state index contributed by atoms with van der Waals surface area (Å²) >= 11 is 34.5. The highest BCUT2D eigenvalue weighted by Crippen LogP contribution is 2.49. The van der Waals surface area contributed by atoms with Gasteiger partial charge in [0.05, 0.1) is 219 Å². The van der Waals surface area contributed by atoms with Crippen LogP contribution in [0, 0.1) is 78.1 Å². The van der Waals surface area contributed by atoms with Crippen molar-refractivity contribution in [1.82, 2.24) is 0 Å². The third kappa shape index (κ3) is 40.5. The number of aldehydes is 1. The SMILES string of the molecule is CC(=O)c1cc(Cl)c(F)cc1O.CCOc1c(C2(C)OCCO2)cc(Cl)c(F)c1/C=C/[N+](=O)[O-].CCOc1c(C2(C)OCCO2)cc(Cl)c(F)c1C=O.CCOc1c(C2(C)OCCO2)cc(Cl)c(F)c1[C@H](C[N+](=O)[O-])C(C(=O)OC)C(=O)OC.CCOc1cc(F)c(Cl)cc1C(C)=O.CCOc1cc(F)c(Cl)cc1C1(C)OCCO1.COC(=O)CC(C)=O.C[N+](=O)[O-].Cc1ccc(S(=O)(=O)O)cc1.OCCO.[2H]CF. The largest absolute Gasteiger partial charge is 0.507 e. The number of halogens is 13. The summed E-state index contributed by atoms with van der Waals surface area (Å²) in [4.78, 5) is 107. The molecule has 0 aliphatic carbocycles. The molecule has 1 atom stereocenters. The average Bonchev–Trinajstić information content (AvgIpc) is 1.73. The second kappa shape index (κ2) is 64.2. The van der Waals surface area contributed by atoms with Gasteiger partial charge in [-0.05, 0) is 139 Å². The standard InChI is InChI=1S/C19H23ClFNO9.C14H15ClFNO5.C13H14ClFO4.C12H14ClFO3.C10H10ClFO2.C8H6ClFO2.C7H8O3S.C5H8O3.C2H6O2.CH3F.CH3NO2/c1-5-29-16-11(19(2)30-6-7-31-19)8-12(20)15(21)13(16)10(9-22(25)26)14(17(23)27-3)18(24)28-4;1-3-20-13-9(4-5-17(18)19)12(16)11(15)8-10(13)14(2)21-6-7-22-14;1-3-17-12-8(7-16)11(15)10(14)6-9(12)13(2)18-4-5-19-13;1-3-15-11-7-10(14)9(13)6-8(11)12(2)16-4-5-17-12;1-3-14-10-5-9(12)8(11)4-7(10)6(2)13;1-4(11)5-2-6(9)7(10)3-8(5)12;1-6-2-4-7(5-3-6)11(8,9)10;1-4(6)3-5(7)8-2;3-1-2-4;1-2;1-2(3)4/h8,10,14H,5-7,9H2,1-4H3;4-5,8H,3,6-7H2,1-2H3;6-7H,3-5H2,1-2H3;6-7H,3-5H2,1-2H3;4-5H,3H2,1-2H3;2-3,12H,1H3;2-5H,1H3,(H,8,9,10);3H2,1-2H3;3-4H,1-2H2;1H3;1H3/b;5-4+;;;;;;;;;/t10-;;;;;;;;;;/m0........../s1/i;;;;;;;;;1D;. The molecule has 7 aromatic rings. The molecule has 4 aliphatic heterocycles. The Kier molecular flexibility index (Phi) is 57.6. The van der Waals surface area contributed by atoms with Gasteiger partial charge in [-0.1, -0.05) is 87.3 Å². The third-order valence-electron chi connectivity index (χ3n) is 18.8. The molecule has 4 saturated heterocycles. The number of aromatic hydroxyl groups is 1. The zero-order valence-corrected chi connectivity index (χ0v) is 86.1. The number of hydrogen-bond donors (Lipinski definition) is 4. The van der Waals surface area contributed by atoms with E-state index in [1.165, 1.54) is 76.4 Å². The number of nitrogens with zero attached hydrogens (tertiary/aromatic N) is 3. The van der Waals surface area contributed by atoms with E-state index < -0.39 is 137 Å². The van der Waals surface area contributed by atoms with Crippen molar-refractivity contribution in [3.05, 3.63) is 236 Å². The molecule has 11 rings (SSSR count). The van der Waals surface area contributed by atoms with Crippen LogP contribution in [0.1, 0.15) is 167 Å². The van der Waals surface area contributed by atoms with Crippen LogP contribution in [0.25, 0.3) is 6.08 Å². The second-order valence-corrected chi connectivity index (χ2v) is 32.9. The van der Waals surface area contributed by atoms with Gasteiger partial charge in [-0.25, -0.2) is 26.3 Å². The number of alkyl halides is 1. The molecule has 0 amide bonds. The van der Waals surface area contributed by atoms with Gasteiger partial charge < -0.3 is 91.1 Å². The minimum Gasteiger partial charge on any atom is -0.507 e. The molecule has 4 aliphatic rings. The van der Waals surface area contributed by atoms with Crippen LogP contribution in [0.4, 0.5) is 30.7 Å². The number of benzene rings is 7. The van der Waals surface area contributed by atoms with Gasteiger partial charge in [0.1, 0.15) is 70.0 Å². The van der Waals surface area contributed by atoms with Crippen molar-refractivity contribution in [3.63, 3.8) is 0 Å². The molecule has 0 aromatic heterocycles. The fourth-order valence-corrected chi connectivity index (χ4v) is 14.0. The number of ether oxygens (including phenoxy) is 16. The molecule has 7 aromatic carbocycles. The number of phenolic OH excluding ortho intramolecular Hbond substituents is 1. The number of nitro groups is 3. The molecule has 0 unspecified atom stereocenters. The first-order valence-electron chi connectivity index (χ1n) is 42.9. The summed E-state index contributed by atoms with van der Waals surface area (Å²) in [6.07, 6.45) is 1.90. The van der Waals surface area contributed by atoms with E-state index in [1.54, 1.807) is 67.5 Å². The van der Waals surface area contributed by atoms with Gasteiger partial charge in [0, 0.05) is 39.7 Å². The zero-order valence-electron chi connectivity index (χ0n) is 81.7. The lowest BCUT2D eigenvalue weighted by atomic mass is 9.83. The molecule has 0 bridgehead atoms. The van der Waals surface area contributed by atoms with E-state index in [0.717, 1.165) is 51.1 Å². The Balaban J connectivity index is 0.000000837. The number of phenols is 1. The van der Waals surface area contributed by atoms with Crippen molar-refractivity contribution >= 4 is 127 Å². The van der Waals surface area contributed by atoms with Crippen molar-refractivity contribution in [2.75, 3.05) is 141 Å². The van der Waals surface area contributed by atoms with Gasteiger partial charge in [0.2, 0.25) is 12.7 Å². The Morgan fingerprint density at radius 2 is 0.847 bits per heavy atom. The van der Waals surface area contributed by atoms with Crippen LogP contribution >= 0.6 is 69.6 Å². The quantitative estimate of drug-likeness (QED) is 0.00389. The lowest BCUT2D eigenvalue weighted by Crippen LogP contribution is -2.36. The molecule has 52 heteroatoms. The van der Waals surface area contributed by atoms with Crippen molar-refractivity contribution in [2.24, 2.45) is 5.92 Å². The zero-order chi connectivity index (χ0) is 111. The monoisotopic (exact) mass is 2190 g/mol. The molecule has 4 N–H and O–H groups in total. The number of hydrogen-bond acceptors (Lipinski definition) is 34. The summed E-state index contributed by atoms with van der Waals surface area (Å²) < 4.78 is 212. The third-order valence-corrected chi connectivity index (χ3v) is 21.3. The van der Waals surface area contributed by atoms with Crippen molar-refractivity contribution in [3.8, 4) is 34.5 Å². The van der Waals surface area contributed by atoms with Crippen molar-refractivity contribution in [1.29, 1.82) is 0 Å². The Bertz CT molecular complexity index is 5630. The first kappa shape index (κ1) is 129. The predicted molar refractivity (Wildman–Crippen MR) is 509 cm³/mol. The van der Waals surface area contributed by atoms with Crippen LogP contribution in [0.15, 0.2) is 90.0 Å². The summed E-state index contributed by atoms with van der Waals surface area (Å²) in [6.45, 7) is 24.3. The molecule has 38 nitrogen and oxygen atoms in total.